The molecule has 1 heterocycles. The predicted octanol–water partition coefficient (Wildman–Crippen LogP) is 3.06. The fourth-order valence-corrected chi connectivity index (χ4v) is 2.41. The monoisotopic (exact) mass is 282 g/mol. The molecule has 3 nitrogen and oxygen atoms in total. The number of nitrogens with zero attached hydrogens (tertiary/aromatic N) is 2. The summed E-state index contributed by atoms with van der Waals surface area (Å²) in [4.78, 5) is 18.4. The first-order valence-corrected chi connectivity index (χ1v) is 7.24. The third-order valence-electron chi connectivity index (χ3n) is 3.63. The summed E-state index contributed by atoms with van der Waals surface area (Å²) in [6.07, 6.45) is 4.53. The summed E-state index contributed by atoms with van der Waals surface area (Å²) in [5.41, 5.74) is 4.32. The molecule has 110 valence electrons. The van der Waals surface area contributed by atoms with Crippen molar-refractivity contribution in [3.63, 3.8) is 0 Å². The zero-order valence-electron chi connectivity index (χ0n) is 13.0. The molecule has 0 bridgehead atoms. The lowest BCUT2D eigenvalue weighted by Crippen LogP contribution is -2.28. The predicted molar refractivity (Wildman–Crippen MR) is 85.7 cm³/mol. The number of hydrogen-bond donors (Lipinski definition) is 0. The number of likely N-dealkylation sites (N-methyl/N-ethyl adjacent to an activating group) is 1. The Morgan fingerprint density at radius 1 is 1.14 bits per heavy atom. The highest BCUT2D eigenvalue weighted by molar-refractivity contribution is 5.98. The molecule has 0 atom stereocenters. The highest BCUT2D eigenvalue weighted by Gasteiger charge is 2.11. The Balaban J connectivity index is 1.90. The molecule has 0 aliphatic rings. The molecule has 0 saturated heterocycles. The Kier molecular flexibility index (Phi) is 5.23. The van der Waals surface area contributed by atoms with E-state index in [0.29, 0.717) is 6.54 Å². The van der Waals surface area contributed by atoms with Crippen LogP contribution in [0.4, 0.5) is 0 Å². The van der Waals surface area contributed by atoms with Gasteiger partial charge in [0.15, 0.2) is 5.78 Å². The van der Waals surface area contributed by atoms with E-state index in [2.05, 4.69) is 16.0 Å². The van der Waals surface area contributed by atoms with Crippen LogP contribution in [0.15, 0.2) is 42.7 Å². The van der Waals surface area contributed by atoms with Gasteiger partial charge in [-0.25, -0.2) is 0 Å². The SMILES string of the molecule is Cc1ccc(C(=O)CN(C)CCc2ccncc2)c(C)c1. The zero-order chi connectivity index (χ0) is 15.2. The summed E-state index contributed by atoms with van der Waals surface area (Å²) in [7, 11) is 1.99. The van der Waals surface area contributed by atoms with Gasteiger partial charge < -0.3 is 0 Å². The van der Waals surface area contributed by atoms with Gasteiger partial charge in [0.05, 0.1) is 6.54 Å². The molecular formula is C18H22N2O. The second kappa shape index (κ2) is 7.14. The zero-order valence-corrected chi connectivity index (χ0v) is 13.0. The third-order valence-corrected chi connectivity index (χ3v) is 3.63. The summed E-state index contributed by atoms with van der Waals surface area (Å²) >= 11 is 0. The van der Waals surface area contributed by atoms with Crippen molar-refractivity contribution >= 4 is 5.78 Å². The van der Waals surface area contributed by atoms with Gasteiger partial charge >= 0.3 is 0 Å². The minimum absolute atomic E-state index is 0.185. The Morgan fingerprint density at radius 2 is 1.86 bits per heavy atom. The molecule has 1 aromatic heterocycles. The van der Waals surface area contributed by atoms with Crippen LogP contribution in [0, 0.1) is 13.8 Å². The number of aryl methyl sites for hydroxylation is 2. The van der Waals surface area contributed by atoms with E-state index in [1.165, 1.54) is 11.1 Å². The van der Waals surface area contributed by atoms with E-state index in [1.54, 1.807) is 12.4 Å². The Bertz CT molecular complexity index is 608. The number of benzene rings is 1. The number of carbonyl (C=O) groups excluding carboxylic acids is 1. The van der Waals surface area contributed by atoms with Gasteiger partial charge in [-0.15, -0.1) is 0 Å². The quantitative estimate of drug-likeness (QED) is 0.763. The molecule has 1 aromatic carbocycles. The van der Waals surface area contributed by atoms with Crippen molar-refractivity contribution in [2.24, 2.45) is 0 Å². The number of ketones is 1. The summed E-state index contributed by atoms with van der Waals surface area (Å²) in [5.74, 6) is 0.185. The van der Waals surface area contributed by atoms with E-state index in [4.69, 9.17) is 0 Å². The van der Waals surface area contributed by atoms with Crippen LogP contribution in [0.5, 0.6) is 0 Å². The van der Waals surface area contributed by atoms with Gasteiger partial charge in [-0.3, -0.25) is 14.7 Å². The molecule has 0 saturated carbocycles. The number of hydrogen-bond acceptors (Lipinski definition) is 3. The Labute approximate surface area is 126 Å². The molecule has 2 aromatic rings. The molecule has 0 spiro atoms. The summed E-state index contributed by atoms with van der Waals surface area (Å²) in [6, 6.07) is 10.0. The summed E-state index contributed by atoms with van der Waals surface area (Å²) < 4.78 is 0. The number of aromatic nitrogens is 1. The molecule has 0 unspecified atom stereocenters. The van der Waals surface area contributed by atoms with Gasteiger partial charge in [-0.05, 0) is 50.6 Å². The van der Waals surface area contributed by atoms with E-state index < -0.39 is 0 Å². The first kappa shape index (κ1) is 15.4. The average Bonchev–Trinajstić information content (AvgIpc) is 2.46. The van der Waals surface area contributed by atoms with Crippen LogP contribution < -0.4 is 0 Å². The number of rotatable bonds is 6. The maximum atomic E-state index is 12.3. The highest BCUT2D eigenvalue weighted by Crippen LogP contribution is 2.12. The van der Waals surface area contributed by atoms with Crippen molar-refractivity contribution in [3.8, 4) is 0 Å². The van der Waals surface area contributed by atoms with E-state index in [-0.39, 0.29) is 5.78 Å². The molecule has 0 aliphatic heterocycles. The molecule has 0 radical (unpaired) electrons. The first-order valence-electron chi connectivity index (χ1n) is 7.24. The average molecular weight is 282 g/mol. The minimum Gasteiger partial charge on any atom is -0.299 e. The smallest absolute Gasteiger partial charge is 0.177 e. The second-order valence-corrected chi connectivity index (χ2v) is 5.58. The van der Waals surface area contributed by atoms with Crippen molar-refractivity contribution in [1.82, 2.24) is 9.88 Å². The molecular weight excluding hydrogens is 260 g/mol. The van der Waals surface area contributed by atoms with E-state index in [0.717, 1.165) is 24.1 Å². The second-order valence-electron chi connectivity index (χ2n) is 5.58. The maximum Gasteiger partial charge on any atom is 0.177 e. The standard InChI is InChI=1S/C18H22N2O/c1-14-4-5-17(15(2)12-14)18(21)13-20(3)11-8-16-6-9-19-10-7-16/h4-7,9-10,12H,8,11,13H2,1-3H3. The van der Waals surface area contributed by atoms with Gasteiger partial charge in [0, 0.05) is 24.5 Å². The molecule has 0 amide bonds. The lowest BCUT2D eigenvalue weighted by molar-refractivity contribution is 0.0946. The summed E-state index contributed by atoms with van der Waals surface area (Å²) in [5, 5.41) is 0. The highest BCUT2D eigenvalue weighted by atomic mass is 16.1. The van der Waals surface area contributed by atoms with Gasteiger partial charge in [-0.1, -0.05) is 23.8 Å². The van der Waals surface area contributed by atoms with E-state index in [1.807, 2.05) is 45.2 Å². The first-order chi connectivity index (χ1) is 10.1. The van der Waals surface area contributed by atoms with Crippen LogP contribution >= 0.6 is 0 Å². The van der Waals surface area contributed by atoms with Crippen molar-refractivity contribution in [3.05, 3.63) is 65.0 Å². The van der Waals surface area contributed by atoms with Gasteiger partial charge in [0.1, 0.15) is 0 Å². The third kappa shape index (κ3) is 4.50. The Morgan fingerprint density at radius 3 is 2.52 bits per heavy atom. The minimum atomic E-state index is 0.185. The molecule has 0 N–H and O–H groups in total. The van der Waals surface area contributed by atoms with E-state index >= 15 is 0 Å². The molecule has 0 aliphatic carbocycles. The van der Waals surface area contributed by atoms with Crippen molar-refractivity contribution in [1.29, 1.82) is 0 Å². The fraction of sp³-hybridized carbons (Fsp3) is 0.333. The van der Waals surface area contributed by atoms with Gasteiger partial charge in [0.25, 0.3) is 0 Å². The molecule has 2 rings (SSSR count). The van der Waals surface area contributed by atoms with Gasteiger partial charge in [0.2, 0.25) is 0 Å². The largest absolute Gasteiger partial charge is 0.299 e. The number of pyridine rings is 1. The molecule has 3 heteroatoms. The molecule has 21 heavy (non-hydrogen) atoms. The summed E-state index contributed by atoms with van der Waals surface area (Å²) in [6.45, 7) is 5.36. The van der Waals surface area contributed by atoms with Crippen LogP contribution in [0.1, 0.15) is 27.0 Å². The number of carbonyl (C=O) groups is 1. The van der Waals surface area contributed by atoms with Crippen LogP contribution in [-0.2, 0) is 6.42 Å². The van der Waals surface area contributed by atoms with E-state index in [9.17, 15) is 4.79 Å². The van der Waals surface area contributed by atoms with Gasteiger partial charge in [-0.2, -0.15) is 0 Å². The van der Waals surface area contributed by atoms with Crippen molar-refractivity contribution < 1.29 is 4.79 Å². The fourth-order valence-electron chi connectivity index (χ4n) is 2.41. The van der Waals surface area contributed by atoms with Crippen LogP contribution in [-0.4, -0.2) is 35.8 Å². The van der Waals surface area contributed by atoms with Crippen molar-refractivity contribution in [2.45, 2.75) is 20.3 Å². The number of Topliss-reactive ketones (excluding diaryl/α,β-unsaturated/α-hetero) is 1. The topological polar surface area (TPSA) is 33.2 Å². The van der Waals surface area contributed by atoms with Crippen LogP contribution in [0.25, 0.3) is 0 Å². The maximum absolute atomic E-state index is 12.3. The van der Waals surface area contributed by atoms with Crippen LogP contribution in [0.2, 0.25) is 0 Å². The lowest BCUT2D eigenvalue weighted by Gasteiger charge is -2.16. The lowest BCUT2D eigenvalue weighted by atomic mass is 10.0. The normalized spacial score (nSPS) is 10.9. The van der Waals surface area contributed by atoms with Crippen LogP contribution in [0.3, 0.4) is 0 Å². The van der Waals surface area contributed by atoms with Crippen molar-refractivity contribution in [2.75, 3.05) is 20.1 Å². The molecule has 0 fully saturated rings. The Hall–Kier alpha value is -2.00.